The third kappa shape index (κ3) is 3.55. The molecule has 2 unspecified atom stereocenters. The van der Waals surface area contributed by atoms with Crippen molar-refractivity contribution in [3.63, 3.8) is 0 Å². The summed E-state index contributed by atoms with van der Waals surface area (Å²) in [7, 11) is 0. The van der Waals surface area contributed by atoms with Crippen molar-refractivity contribution in [1.82, 2.24) is 4.90 Å². The SMILES string of the molecule is C=CCN(C(=O)C1N([C@H](CO)c2ccccc2)C(=O)[C@@H]2[C@H](C(=O)O)[C@@H]3CCC12O3)c1ccccc1Cl. The third-order valence-electron chi connectivity index (χ3n) is 7.67. The molecule has 36 heavy (non-hydrogen) atoms. The summed E-state index contributed by atoms with van der Waals surface area (Å²) in [5.41, 5.74) is -0.235. The van der Waals surface area contributed by atoms with Gasteiger partial charge in [-0.25, -0.2) is 0 Å². The average Bonchev–Trinajstić information content (AvgIpc) is 3.52. The highest BCUT2D eigenvalue weighted by Crippen LogP contribution is 2.60. The van der Waals surface area contributed by atoms with Crippen molar-refractivity contribution >= 4 is 35.1 Å². The van der Waals surface area contributed by atoms with E-state index in [0.717, 1.165) is 0 Å². The summed E-state index contributed by atoms with van der Waals surface area (Å²) in [5, 5.41) is 20.8. The van der Waals surface area contributed by atoms with E-state index in [9.17, 15) is 24.6 Å². The van der Waals surface area contributed by atoms with Gasteiger partial charge in [0.2, 0.25) is 5.91 Å². The van der Waals surface area contributed by atoms with Gasteiger partial charge in [0.15, 0.2) is 0 Å². The van der Waals surface area contributed by atoms with Crippen LogP contribution in [-0.2, 0) is 19.1 Å². The van der Waals surface area contributed by atoms with E-state index < -0.39 is 60.0 Å². The van der Waals surface area contributed by atoms with Gasteiger partial charge in [-0.2, -0.15) is 0 Å². The molecular formula is C27H27ClN2O6. The fraction of sp³-hybridized carbons (Fsp3) is 0.370. The van der Waals surface area contributed by atoms with Crippen molar-refractivity contribution in [1.29, 1.82) is 0 Å². The minimum Gasteiger partial charge on any atom is -0.481 e. The number of amides is 2. The second-order valence-electron chi connectivity index (χ2n) is 9.44. The van der Waals surface area contributed by atoms with Crippen LogP contribution >= 0.6 is 11.6 Å². The Labute approximate surface area is 213 Å². The second-order valence-corrected chi connectivity index (χ2v) is 9.84. The number of hydrogen-bond donors (Lipinski definition) is 2. The molecule has 2 N–H and O–H groups in total. The van der Waals surface area contributed by atoms with E-state index in [4.69, 9.17) is 16.3 Å². The number of carbonyl (C=O) groups is 3. The highest BCUT2D eigenvalue weighted by Gasteiger charge is 2.75. The fourth-order valence-corrected chi connectivity index (χ4v) is 6.51. The molecule has 2 bridgehead atoms. The van der Waals surface area contributed by atoms with Crippen LogP contribution in [0, 0.1) is 11.8 Å². The van der Waals surface area contributed by atoms with Crippen molar-refractivity contribution in [2.75, 3.05) is 18.1 Å². The zero-order chi connectivity index (χ0) is 25.6. The lowest BCUT2D eigenvalue weighted by atomic mass is 9.70. The molecule has 3 saturated heterocycles. The summed E-state index contributed by atoms with van der Waals surface area (Å²) >= 11 is 6.45. The van der Waals surface area contributed by atoms with Gasteiger partial charge >= 0.3 is 5.97 Å². The number of rotatable bonds is 8. The molecule has 3 fully saturated rings. The summed E-state index contributed by atoms with van der Waals surface area (Å²) in [6.07, 6.45) is 1.71. The van der Waals surface area contributed by atoms with Crippen molar-refractivity contribution in [2.24, 2.45) is 11.8 Å². The quantitative estimate of drug-likeness (QED) is 0.529. The van der Waals surface area contributed by atoms with Crippen LogP contribution in [0.4, 0.5) is 5.69 Å². The number of halogens is 1. The molecule has 3 heterocycles. The Kier molecular flexibility index (Phi) is 6.36. The van der Waals surface area contributed by atoms with Crippen LogP contribution in [0.5, 0.6) is 0 Å². The van der Waals surface area contributed by atoms with Gasteiger partial charge in [-0.3, -0.25) is 14.4 Å². The Morgan fingerprint density at radius 1 is 1.22 bits per heavy atom. The zero-order valence-corrected chi connectivity index (χ0v) is 20.3. The average molecular weight is 511 g/mol. The number of aliphatic hydroxyl groups is 1. The van der Waals surface area contributed by atoms with Crippen molar-refractivity contribution in [3.05, 3.63) is 77.8 Å². The lowest BCUT2D eigenvalue weighted by Crippen LogP contribution is -2.57. The van der Waals surface area contributed by atoms with E-state index in [1.54, 1.807) is 54.6 Å². The molecule has 3 aliphatic heterocycles. The fourth-order valence-electron chi connectivity index (χ4n) is 6.27. The smallest absolute Gasteiger partial charge is 0.310 e. The van der Waals surface area contributed by atoms with E-state index in [-0.39, 0.29) is 6.54 Å². The molecule has 188 valence electrons. The van der Waals surface area contributed by atoms with Crippen molar-refractivity contribution in [3.8, 4) is 0 Å². The van der Waals surface area contributed by atoms with Gasteiger partial charge in [0, 0.05) is 6.54 Å². The van der Waals surface area contributed by atoms with Crippen LogP contribution in [0.3, 0.4) is 0 Å². The number of aliphatic carboxylic acids is 1. The number of para-hydroxylation sites is 1. The van der Waals surface area contributed by atoms with Crippen LogP contribution in [0.1, 0.15) is 24.4 Å². The topological polar surface area (TPSA) is 107 Å². The monoisotopic (exact) mass is 510 g/mol. The van der Waals surface area contributed by atoms with Gasteiger partial charge in [0.25, 0.3) is 5.91 Å². The standard InChI is InChI=1S/C27H27ClN2O6/c1-2-14-29(18-11-7-6-10-17(18)28)25(33)23-27-13-12-20(36-27)21(26(34)35)22(27)24(32)30(23)19(15-31)16-8-4-3-5-9-16/h2-11,19-23,31H,1,12-15H2,(H,34,35)/t19-,20+,21-,22+,23?,27?/m1/s1. The van der Waals surface area contributed by atoms with Crippen LogP contribution in [0.15, 0.2) is 67.3 Å². The van der Waals surface area contributed by atoms with Crippen LogP contribution in [0.2, 0.25) is 5.02 Å². The van der Waals surface area contributed by atoms with Gasteiger partial charge in [0.1, 0.15) is 11.6 Å². The molecule has 2 aromatic carbocycles. The molecular weight excluding hydrogens is 484 g/mol. The van der Waals surface area contributed by atoms with Crippen molar-refractivity contribution < 1.29 is 29.3 Å². The van der Waals surface area contributed by atoms with Gasteiger partial charge in [-0.15, -0.1) is 6.58 Å². The number of likely N-dealkylation sites (tertiary alicyclic amines) is 1. The van der Waals surface area contributed by atoms with Crippen molar-refractivity contribution in [2.45, 2.75) is 36.6 Å². The molecule has 0 aliphatic carbocycles. The number of carboxylic acids is 1. The number of carboxylic acid groups (broad SMARTS) is 1. The Balaban J connectivity index is 1.67. The van der Waals surface area contributed by atoms with Gasteiger partial charge in [-0.05, 0) is 30.5 Å². The molecule has 8 nitrogen and oxygen atoms in total. The molecule has 0 radical (unpaired) electrons. The van der Waals surface area contributed by atoms with Gasteiger partial charge in [-0.1, -0.05) is 60.1 Å². The summed E-state index contributed by atoms with van der Waals surface area (Å²) in [4.78, 5) is 43.5. The number of aliphatic hydroxyl groups excluding tert-OH is 1. The minimum atomic E-state index is -1.31. The van der Waals surface area contributed by atoms with E-state index >= 15 is 0 Å². The largest absolute Gasteiger partial charge is 0.481 e. The molecule has 9 heteroatoms. The maximum atomic E-state index is 14.4. The first-order valence-corrected chi connectivity index (χ1v) is 12.3. The minimum absolute atomic E-state index is 0.114. The number of carbonyl (C=O) groups excluding carboxylic acids is 2. The molecule has 0 aromatic heterocycles. The first-order chi connectivity index (χ1) is 17.4. The van der Waals surface area contributed by atoms with Crippen LogP contribution < -0.4 is 4.90 Å². The van der Waals surface area contributed by atoms with E-state index in [0.29, 0.717) is 29.1 Å². The Morgan fingerprint density at radius 2 is 1.92 bits per heavy atom. The number of benzene rings is 2. The molecule has 3 aliphatic rings. The highest BCUT2D eigenvalue weighted by molar-refractivity contribution is 6.34. The number of hydrogen-bond acceptors (Lipinski definition) is 5. The Bertz CT molecular complexity index is 1210. The second kappa shape index (κ2) is 9.35. The van der Waals surface area contributed by atoms with Crippen LogP contribution in [-0.4, -0.2) is 63.8 Å². The van der Waals surface area contributed by atoms with E-state index in [2.05, 4.69) is 6.58 Å². The molecule has 2 amide bonds. The Morgan fingerprint density at radius 3 is 2.56 bits per heavy atom. The molecule has 2 aromatic rings. The lowest BCUT2D eigenvalue weighted by molar-refractivity contribution is -0.151. The number of fused-ring (bicyclic) bond motifs is 1. The Hall–Kier alpha value is -3.20. The van der Waals surface area contributed by atoms with Gasteiger partial charge in [0.05, 0.1) is 41.3 Å². The molecule has 1 spiro atoms. The molecule has 5 rings (SSSR count). The number of nitrogens with zero attached hydrogens (tertiary/aromatic N) is 2. The van der Waals surface area contributed by atoms with Gasteiger partial charge < -0.3 is 24.7 Å². The first-order valence-electron chi connectivity index (χ1n) is 11.9. The highest BCUT2D eigenvalue weighted by atomic mass is 35.5. The third-order valence-corrected chi connectivity index (χ3v) is 7.99. The maximum Gasteiger partial charge on any atom is 0.310 e. The first kappa shape index (κ1) is 24.5. The lowest BCUT2D eigenvalue weighted by Gasteiger charge is -2.39. The predicted molar refractivity (Wildman–Crippen MR) is 132 cm³/mol. The summed E-state index contributed by atoms with van der Waals surface area (Å²) in [6.45, 7) is 3.44. The summed E-state index contributed by atoms with van der Waals surface area (Å²) in [6, 6.07) is 13.8. The number of ether oxygens (including phenoxy) is 1. The van der Waals surface area contributed by atoms with E-state index in [1.165, 1.54) is 9.80 Å². The van der Waals surface area contributed by atoms with Crippen LogP contribution in [0.25, 0.3) is 0 Å². The number of anilines is 1. The zero-order valence-electron chi connectivity index (χ0n) is 19.5. The summed E-state index contributed by atoms with van der Waals surface area (Å²) < 4.78 is 6.29. The molecule has 0 saturated carbocycles. The van der Waals surface area contributed by atoms with E-state index in [1.807, 2.05) is 6.07 Å². The summed E-state index contributed by atoms with van der Waals surface area (Å²) in [5.74, 6) is -4.17. The normalized spacial score (nSPS) is 29.2. The maximum absolute atomic E-state index is 14.4. The predicted octanol–water partition coefficient (Wildman–Crippen LogP) is 3.05. The molecule has 6 atom stereocenters.